The summed E-state index contributed by atoms with van der Waals surface area (Å²) in [5.41, 5.74) is 4.65. The average Bonchev–Trinajstić information content (AvgIpc) is 3.68. The summed E-state index contributed by atoms with van der Waals surface area (Å²) >= 11 is 0. The molecule has 5 rings (SSSR count). The number of carbonyl (C=O) groups excluding carboxylic acids is 2. The molecule has 14 heteroatoms. The standard InChI is InChI=1S/C30H35N7O4.C5H12.CH2O2.CH4O/c1-20-33-24-13-15-32-27(28(24)36(20)16-8-14-31-2)23-11-7-12-26(35-23)34-22-17-25(29(38)40-3)37(18-22)30(39)41-19-21-9-5-4-6-10-21;1-5(2,3)4;2-1-3;1-2/h4-7,9-13,15,22,25,31H,8,14,16-19H2,1-3H3,(H,34,35);1-4H3;1H,(H,2,3);2H,1H3. The minimum atomic E-state index is -0.755. The smallest absolute Gasteiger partial charge is 0.410 e. The van der Waals surface area contributed by atoms with E-state index in [2.05, 4.69) is 47.9 Å². The van der Waals surface area contributed by atoms with E-state index in [1.165, 1.54) is 12.0 Å². The summed E-state index contributed by atoms with van der Waals surface area (Å²) in [5.74, 6) is 1.07. The average molecular weight is 708 g/mol. The summed E-state index contributed by atoms with van der Waals surface area (Å²) in [7, 11) is 4.26. The molecular formula is C37H53N7O7. The number of benzene rings is 1. The number of anilines is 1. The summed E-state index contributed by atoms with van der Waals surface area (Å²) in [5, 5.41) is 20.5. The van der Waals surface area contributed by atoms with Crippen LogP contribution in [0.15, 0.2) is 60.8 Å². The van der Waals surface area contributed by atoms with Crippen LogP contribution in [0.2, 0.25) is 0 Å². The molecule has 2 atom stereocenters. The summed E-state index contributed by atoms with van der Waals surface area (Å²) in [6, 6.07) is 16.0. The summed E-state index contributed by atoms with van der Waals surface area (Å²) in [4.78, 5) is 49.6. The third kappa shape index (κ3) is 13.3. The minimum absolute atomic E-state index is 0.120. The Hall–Kier alpha value is -5.08. The monoisotopic (exact) mass is 707 g/mol. The molecule has 4 N–H and O–H groups in total. The Labute approximate surface area is 300 Å². The Kier molecular flexibility index (Phi) is 17.5. The van der Waals surface area contributed by atoms with Gasteiger partial charge in [-0.15, -0.1) is 0 Å². The summed E-state index contributed by atoms with van der Waals surface area (Å²) in [6.07, 6.45) is 2.51. The first-order valence-corrected chi connectivity index (χ1v) is 16.7. The minimum Gasteiger partial charge on any atom is -0.483 e. The number of aromatic nitrogens is 4. The molecule has 1 fully saturated rings. The largest absolute Gasteiger partial charge is 0.483 e. The SMILES string of the molecule is CC(C)(C)C.CNCCCn1c(C)nc2ccnc(-c3cccc(NC4CC(C(=O)OC)N(C(=O)OCc5ccccc5)C4)n3)c21.CO.O=CO. The Bertz CT molecular complexity index is 1650. The van der Waals surface area contributed by atoms with Gasteiger partial charge in [-0.25, -0.2) is 19.6 Å². The van der Waals surface area contributed by atoms with Gasteiger partial charge >= 0.3 is 12.1 Å². The summed E-state index contributed by atoms with van der Waals surface area (Å²) < 4.78 is 12.7. The molecule has 14 nitrogen and oxygen atoms in total. The van der Waals surface area contributed by atoms with Gasteiger partial charge in [0.25, 0.3) is 6.47 Å². The number of aryl methyl sites for hydroxylation is 2. The van der Waals surface area contributed by atoms with Crippen molar-refractivity contribution in [3.63, 3.8) is 0 Å². The van der Waals surface area contributed by atoms with Gasteiger partial charge in [-0.1, -0.05) is 64.1 Å². The number of hydrogen-bond acceptors (Lipinski definition) is 11. The number of nitrogens with one attached hydrogen (secondary N) is 2. The molecule has 4 aromatic rings. The molecular weight excluding hydrogens is 654 g/mol. The highest BCUT2D eigenvalue weighted by atomic mass is 16.6. The normalized spacial score (nSPS) is 14.9. The Balaban J connectivity index is 0.000000806. The van der Waals surface area contributed by atoms with Gasteiger partial charge < -0.3 is 34.9 Å². The number of nitrogens with zero attached hydrogens (tertiary/aromatic N) is 5. The van der Waals surface area contributed by atoms with Crippen molar-refractivity contribution in [2.75, 3.05) is 39.7 Å². The highest BCUT2D eigenvalue weighted by Crippen LogP contribution is 2.29. The molecule has 0 radical (unpaired) electrons. The lowest BCUT2D eigenvalue weighted by Crippen LogP contribution is -2.41. The van der Waals surface area contributed by atoms with Crippen molar-refractivity contribution in [3.8, 4) is 11.4 Å². The lowest BCUT2D eigenvalue weighted by atomic mass is 10.0. The highest BCUT2D eigenvalue weighted by Gasteiger charge is 2.41. The third-order valence-corrected chi connectivity index (χ3v) is 7.21. The molecule has 2 unspecified atom stereocenters. The van der Waals surface area contributed by atoms with Crippen molar-refractivity contribution in [1.82, 2.24) is 29.7 Å². The Morgan fingerprint density at radius 3 is 2.33 bits per heavy atom. The number of amides is 1. The maximum Gasteiger partial charge on any atom is 0.410 e. The number of hydrogen-bond donors (Lipinski definition) is 4. The van der Waals surface area contributed by atoms with Gasteiger partial charge in [0.2, 0.25) is 0 Å². The first kappa shape index (κ1) is 42.1. The van der Waals surface area contributed by atoms with Crippen LogP contribution in [0.3, 0.4) is 0 Å². The van der Waals surface area contributed by atoms with Crippen LogP contribution >= 0.6 is 0 Å². The number of ether oxygens (including phenoxy) is 2. The maximum atomic E-state index is 13.0. The van der Waals surface area contributed by atoms with E-state index >= 15 is 0 Å². The molecule has 278 valence electrons. The van der Waals surface area contributed by atoms with Crippen LogP contribution < -0.4 is 10.6 Å². The van der Waals surface area contributed by atoms with E-state index in [9.17, 15) is 9.59 Å². The first-order chi connectivity index (χ1) is 24.4. The topological polar surface area (TPSA) is 181 Å². The second kappa shape index (κ2) is 21.2. The molecule has 0 bridgehead atoms. The van der Waals surface area contributed by atoms with E-state index in [0.717, 1.165) is 54.7 Å². The number of carboxylic acid groups (broad SMARTS) is 1. The van der Waals surface area contributed by atoms with Crippen molar-refractivity contribution in [1.29, 1.82) is 0 Å². The second-order valence-corrected chi connectivity index (χ2v) is 13.1. The van der Waals surface area contributed by atoms with Crippen LogP contribution in [0.5, 0.6) is 0 Å². The molecule has 3 aromatic heterocycles. The zero-order chi connectivity index (χ0) is 38.0. The number of carbonyl (C=O) groups is 3. The molecule has 4 heterocycles. The zero-order valence-corrected chi connectivity index (χ0v) is 30.9. The lowest BCUT2D eigenvalue weighted by molar-refractivity contribution is -0.145. The third-order valence-electron chi connectivity index (χ3n) is 7.21. The van der Waals surface area contributed by atoms with Crippen molar-refractivity contribution in [3.05, 3.63) is 72.2 Å². The van der Waals surface area contributed by atoms with Crippen molar-refractivity contribution in [2.45, 2.75) is 72.7 Å². The second-order valence-electron chi connectivity index (χ2n) is 13.1. The molecule has 1 aromatic carbocycles. The number of aliphatic hydroxyl groups is 1. The van der Waals surface area contributed by atoms with E-state index in [0.29, 0.717) is 23.3 Å². The summed E-state index contributed by atoms with van der Waals surface area (Å²) in [6.45, 7) is 12.6. The molecule has 1 saturated heterocycles. The number of fused-ring (bicyclic) bond motifs is 1. The Morgan fingerprint density at radius 2 is 1.71 bits per heavy atom. The van der Waals surface area contributed by atoms with Crippen LogP contribution in [0.4, 0.5) is 10.6 Å². The van der Waals surface area contributed by atoms with Crippen LogP contribution in [-0.4, -0.2) is 99.6 Å². The lowest BCUT2D eigenvalue weighted by Gasteiger charge is -2.21. The quantitative estimate of drug-likeness (QED) is 0.0970. The van der Waals surface area contributed by atoms with Gasteiger partial charge in [0, 0.05) is 38.9 Å². The number of likely N-dealkylation sites (tertiary alicyclic amines) is 1. The van der Waals surface area contributed by atoms with E-state index < -0.39 is 18.1 Å². The Morgan fingerprint density at radius 1 is 1.04 bits per heavy atom. The maximum absolute atomic E-state index is 13.0. The van der Waals surface area contributed by atoms with Crippen molar-refractivity contribution < 1.29 is 34.1 Å². The van der Waals surface area contributed by atoms with E-state index in [1.807, 2.05) is 68.6 Å². The number of esters is 1. The van der Waals surface area contributed by atoms with Crippen LogP contribution in [-0.2, 0) is 32.2 Å². The molecule has 1 aliphatic rings. The fraction of sp³-hybridized carbons (Fsp3) is 0.459. The predicted molar refractivity (Wildman–Crippen MR) is 197 cm³/mol. The van der Waals surface area contributed by atoms with Gasteiger partial charge in [0.15, 0.2) is 0 Å². The van der Waals surface area contributed by atoms with E-state index in [-0.39, 0.29) is 25.7 Å². The number of methoxy groups -OCH3 is 1. The number of rotatable bonds is 10. The molecule has 0 spiro atoms. The van der Waals surface area contributed by atoms with Crippen LogP contribution in [0.25, 0.3) is 22.4 Å². The fourth-order valence-corrected chi connectivity index (χ4v) is 5.23. The number of aliphatic hydroxyl groups excluding tert-OH is 1. The molecule has 1 aliphatic heterocycles. The van der Waals surface area contributed by atoms with Crippen LogP contribution in [0.1, 0.15) is 51.9 Å². The van der Waals surface area contributed by atoms with Gasteiger partial charge in [-0.3, -0.25) is 14.7 Å². The predicted octanol–water partition coefficient (Wildman–Crippen LogP) is 5.14. The molecule has 0 aliphatic carbocycles. The molecule has 0 saturated carbocycles. The molecule has 1 amide bonds. The number of pyridine rings is 2. The van der Waals surface area contributed by atoms with Gasteiger partial charge in [-0.05, 0) is 56.1 Å². The van der Waals surface area contributed by atoms with Gasteiger partial charge in [-0.2, -0.15) is 0 Å². The van der Waals surface area contributed by atoms with Gasteiger partial charge in [0.1, 0.15) is 30.0 Å². The van der Waals surface area contributed by atoms with Crippen molar-refractivity contribution >= 4 is 35.4 Å². The highest BCUT2D eigenvalue weighted by molar-refractivity contribution is 5.89. The van der Waals surface area contributed by atoms with E-state index in [1.54, 1.807) is 6.20 Å². The number of imidazole rings is 1. The van der Waals surface area contributed by atoms with E-state index in [4.69, 9.17) is 34.4 Å². The van der Waals surface area contributed by atoms with Gasteiger partial charge in [0.05, 0.1) is 23.8 Å². The zero-order valence-electron chi connectivity index (χ0n) is 30.9. The van der Waals surface area contributed by atoms with Crippen LogP contribution in [0, 0.1) is 12.3 Å². The fourth-order valence-electron chi connectivity index (χ4n) is 5.23. The molecule has 51 heavy (non-hydrogen) atoms. The first-order valence-electron chi connectivity index (χ1n) is 16.7. The van der Waals surface area contributed by atoms with Crippen molar-refractivity contribution in [2.24, 2.45) is 5.41 Å².